The molecule has 2 aromatic rings. The maximum atomic E-state index is 12.9. The average Bonchev–Trinajstić information content (AvgIpc) is 2.67. The van der Waals surface area contributed by atoms with E-state index in [0.717, 1.165) is 38.8 Å². The van der Waals surface area contributed by atoms with Crippen LogP contribution in [0.2, 0.25) is 0 Å². The van der Waals surface area contributed by atoms with Crippen molar-refractivity contribution in [3.8, 4) is 0 Å². The summed E-state index contributed by atoms with van der Waals surface area (Å²) in [7, 11) is 0. The molecule has 1 heterocycles. The van der Waals surface area contributed by atoms with E-state index in [-0.39, 0.29) is 18.0 Å². The predicted octanol–water partition coefficient (Wildman–Crippen LogP) is 3.63. The molecule has 3 heteroatoms. The maximum absolute atomic E-state index is 12.9. The van der Waals surface area contributed by atoms with E-state index in [0.29, 0.717) is 0 Å². The Labute approximate surface area is 150 Å². The van der Waals surface area contributed by atoms with E-state index < -0.39 is 0 Å². The summed E-state index contributed by atoms with van der Waals surface area (Å²) in [4.78, 5) is 15.2. The number of fused-ring (bicyclic) bond motifs is 2. The lowest BCUT2D eigenvalue weighted by Crippen LogP contribution is -2.48. The van der Waals surface area contributed by atoms with Crippen LogP contribution in [-0.2, 0) is 24.2 Å². The van der Waals surface area contributed by atoms with Crippen LogP contribution in [0.15, 0.2) is 48.5 Å². The van der Waals surface area contributed by atoms with Crippen LogP contribution in [0.5, 0.6) is 0 Å². The number of rotatable bonds is 3. The van der Waals surface area contributed by atoms with E-state index >= 15 is 0 Å². The van der Waals surface area contributed by atoms with Gasteiger partial charge in [-0.2, -0.15) is 0 Å². The van der Waals surface area contributed by atoms with E-state index in [4.69, 9.17) is 0 Å². The third-order valence-corrected chi connectivity index (χ3v) is 5.77. The molecule has 2 atom stereocenters. The number of hydrogen-bond donors (Lipinski definition) is 1. The molecule has 2 aromatic carbocycles. The van der Waals surface area contributed by atoms with Gasteiger partial charge in [-0.05, 0) is 54.9 Å². The first-order valence-corrected chi connectivity index (χ1v) is 9.41. The highest BCUT2D eigenvalue weighted by Crippen LogP contribution is 2.29. The Morgan fingerprint density at radius 1 is 1.04 bits per heavy atom. The minimum atomic E-state index is -0.0950. The van der Waals surface area contributed by atoms with Gasteiger partial charge >= 0.3 is 0 Å². The van der Waals surface area contributed by atoms with Crippen molar-refractivity contribution in [1.29, 1.82) is 0 Å². The van der Waals surface area contributed by atoms with Crippen LogP contribution >= 0.6 is 0 Å². The number of carbonyl (C=O) groups excluding carboxylic acids is 1. The molecule has 2 aliphatic rings. The normalized spacial score (nSPS) is 21.1. The minimum absolute atomic E-state index is 0.0950. The van der Waals surface area contributed by atoms with Crippen LogP contribution in [0.1, 0.15) is 48.1 Å². The van der Waals surface area contributed by atoms with Gasteiger partial charge in [-0.15, -0.1) is 0 Å². The van der Waals surface area contributed by atoms with Gasteiger partial charge in [0.05, 0.1) is 12.1 Å². The van der Waals surface area contributed by atoms with Crippen molar-refractivity contribution >= 4 is 5.91 Å². The third-order valence-electron chi connectivity index (χ3n) is 5.77. The number of carbonyl (C=O) groups is 1. The first-order valence-electron chi connectivity index (χ1n) is 9.41. The van der Waals surface area contributed by atoms with Crippen LogP contribution in [0.3, 0.4) is 0 Å². The van der Waals surface area contributed by atoms with E-state index in [2.05, 4.69) is 58.7 Å². The summed E-state index contributed by atoms with van der Waals surface area (Å²) in [6, 6.07) is 17.2. The highest BCUT2D eigenvalue weighted by molar-refractivity contribution is 5.82. The largest absolute Gasteiger partial charge is 0.348 e. The standard InChI is InChI=1S/C22H26N2O/c1-16(24-14-13-17-7-2-3-9-19(17)15-24)22(25)23-21-12-6-10-18-8-4-5-11-20(18)21/h2-5,7-9,11,16,21H,6,10,12-15H2,1H3,(H,23,25)/t16-,21+/m1/s1. The van der Waals surface area contributed by atoms with Crippen molar-refractivity contribution in [2.75, 3.05) is 6.54 Å². The fraction of sp³-hybridized carbons (Fsp3) is 0.409. The van der Waals surface area contributed by atoms with Crippen molar-refractivity contribution in [3.05, 3.63) is 70.8 Å². The zero-order valence-corrected chi connectivity index (χ0v) is 14.9. The lowest BCUT2D eigenvalue weighted by molar-refractivity contribution is -0.127. The maximum Gasteiger partial charge on any atom is 0.237 e. The molecule has 0 radical (unpaired) electrons. The van der Waals surface area contributed by atoms with Crippen molar-refractivity contribution in [3.63, 3.8) is 0 Å². The molecule has 0 saturated heterocycles. The van der Waals surface area contributed by atoms with E-state index in [1.807, 2.05) is 6.92 Å². The van der Waals surface area contributed by atoms with E-state index in [9.17, 15) is 4.79 Å². The van der Waals surface area contributed by atoms with E-state index in [1.54, 1.807) is 0 Å². The molecule has 130 valence electrons. The van der Waals surface area contributed by atoms with Crippen LogP contribution in [0.25, 0.3) is 0 Å². The Bertz CT molecular complexity index is 770. The highest BCUT2D eigenvalue weighted by Gasteiger charge is 2.28. The van der Waals surface area contributed by atoms with Crippen molar-refractivity contribution in [2.45, 2.75) is 51.2 Å². The Morgan fingerprint density at radius 2 is 1.76 bits per heavy atom. The number of nitrogens with one attached hydrogen (secondary N) is 1. The minimum Gasteiger partial charge on any atom is -0.348 e. The van der Waals surface area contributed by atoms with Gasteiger partial charge in [0.15, 0.2) is 0 Å². The summed E-state index contributed by atoms with van der Waals surface area (Å²) in [6.45, 7) is 3.86. The second-order valence-corrected chi connectivity index (χ2v) is 7.32. The van der Waals surface area contributed by atoms with Gasteiger partial charge in [0, 0.05) is 13.1 Å². The molecule has 0 bridgehead atoms. The number of hydrogen-bond acceptors (Lipinski definition) is 2. The highest BCUT2D eigenvalue weighted by atomic mass is 16.2. The predicted molar refractivity (Wildman–Crippen MR) is 100 cm³/mol. The van der Waals surface area contributed by atoms with Crippen LogP contribution in [0.4, 0.5) is 0 Å². The van der Waals surface area contributed by atoms with E-state index in [1.165, 1.54) is 22.3 Å². The molecule has 1 N–H and O–H groups in total. The molecule has 3 nitrogen and oxygen atoms in total. The Kier molecular flexibility index (Phi) is 4.58. The summed E-state index contributed by atoms with van der Waals surface area (Å²) < 4.78 is 0. The van der Waals surface area contributed by atoms with Gasteiger partial charge < -0.3 is 5.32 Å². The molecular formula is C22H26N2O. The number of amides is 1. The molecule has 0 saturated carbocycles. The first kappa shape index (κ1) is 16.3. The van der Waals surface area contributed by atoms with Gasteiger partial charge in [0.25, 0.3) is 0 Å². The van der Waals surface area contributed by atoms with Crippen molar-refractivity contribution in [1.82, 2.24) is 10.2 Å². The SMILES string of the molecule is C[C@H](C(=O)N[C@H]1CCCc2ccccc21)N1CCc2ccccc2C1. The lowest BCUT2D eigenvalue weighted by atomic mass is 9.87. The van der Waals surface area contributed by atoms with Gasteiger partial charge in [-0.3, -0.25) is 9.69 Å². The smallest absolute Gasteiger partial charge is 0.237 e. The topological polar surface area (TPSA) is 32.3 Å². The summed E-state index contributed by atoms with van der Waals surface area (Å²) in [6.07, 6.45) is 4.34. The van der Waals surface area contributed by atoms with Crippen LogP contribution in [-0.4, -0.2) is 23.4 Å². The molecule has 1 aliphatic carbocycles. The monoisotopic (exact) mass is 334 g/mol. The second kappa shape index (κ2) is 7.01. The lowest BCUT2D eigenvalue weighted by Gasteiger charge is -2.34. The zero-order valence-electron chi connectivity index (χ0n) is 14.9. The summed E-state index contributed by atoms with van der Waals surface area (Å²) in [5.74, 6) is 0.154. The Balaban J connectivity index is 1.44. The van der Waals surface area contributed by atoms with Gasteiger partial charge in [0.2, 0.25) is 5.91 Å². The van der Waals surface area contributed by atoms with Gasteiger partial charge in [-0.1, -0.05) is 48.5 Å². The molecule has 0 fully saturated rings. The van der Waals surface area contributed by atoms with Gasteiger partial charge in [-0.25, -0.2) is 0 Å². The molecular weight excluding hydrogens is 308 g/mol. The Morgan fingerprint density at radius 3 is 2.60 bits per heavy atom. The zero-order chi connectivity index (χ0) is 17.2. The fourth-order valence-electron chi connectivity index (χ4n) is 4.21. The fourth-order valence-corrected chi connectivity index (χ4v) is 4.21. The molecule has 1 aliphatic heterocycles. The van der Waals surface area contributed by atoms with Crippen molar-refractivity contribution in [2.24, 2.45) is 0 Å². The molecule has 25 heavy (non-hydrogen) atoms. The van der Waals surface area contributed by atoms with Crippen molar-refractivity contribution < 1.29 is 4.79 Å². The molecule has 1 amide bonds. The molecule has 0 unspecified atom stereocenters. The summed E-state index contributed by atoms with van der Waals surface area (Å²) in [5.41, 5.74) is 5.47. The Hall–Kier alpha value is -2.13. The number of nitrogens with zero attached hydrogens (tertiary/aromatic N) is 1. The molecule has 0 spiro atoms. The molecule has 4 rings (SSSR count). The van der Waals surface area contributed by atoms with Crippen LogP contribution in [0, 0.1) is 0 Å². The second-order valence-electron chi connectivity index (χ2n) is 7.32. The molecule has 0 aromatic heterocycles. The number of aryl methyl sites for hydroxylation is 1. The average molecular weight is 334 g/mol. The number of benzene rings is 2. The third kappa shape index (κ3) is 3.34. The van der Waals surface area contributed by atoms with Gasteiger partial charge in [0.1, 0.15) is 0 Å². The van der Waals surface area contributed by atoms with Crippen LogP contribution < -0.4 is 5.32 Å². The summed E-state index contributed by atoms with van der Waals surface area (Å²) >= 11 is 0. The quantitative estimate of drug-likeness (QED) is 0.930. The summed E-state index contributed by atoms with van der Waals surface area (Å²) in [5, 5.41) is 3.32. The first-order chi connectivity index (χ1) is 12.2.